The lowest BCUT2D eigenvalue weighted by Crippen LogP contribution is -2.52. The highest BCUT2D eigenvalue weighted by Crippen LogP contribution is 2.60. The van der Waals surface area contributed by atoms with Crippen molar-refractivity contribution in [3.63, 3.8) is 0 Å². The Bertz CT molecular complexity index is 1020. The highest BCUT2D eigenvalue weighted by atomic mass is 32.2. The predicted octanol–water partition coefficient (Wildman–Crippen LogP) is 4.68. The van der Waals surface area contributed by atoms with Crippen LogP contribution in [0.2, 0.25) is 0 Å². The van der Waals surface area contributed by atoms with Crippen LogP contribution in [-0.2, 0) is 21.0 Å². The van der Waals surface area contributed by atoms with Crippen LogP contribution in [-0.4, -0.2) is 28.0 Å². The van der Waals surface area contributed by atoms with E-state index >= 15 is 0 Å². The molecule has 1 saturated carbocycles. The number of hydrogen-bond acceptors (Lipinski definition) is 3. The van der Waals surface area contributed by atoms with Crippen molar-refractivity contribution in [1.82, 2.24) is 4.90 Å². The van der Waals surface area contributed by atoms with Gasteiger partial charge in [0.25, 0.3) is 5.91 Å². The first-order chi connectivity index (χ1) is 14.3. The van der Waals surface area contributed by atoms with Crippen molar-refractivity contribution in [2.75, 3.05) is 11.4 Å². The molecule has 6 heteroatoms. The van der Waals surface area contributed by atoms with E-state index in [-0.39, 0.29) is 28.3 Å². The fourth-order valence-corrected chi connectivity index (χ4v) is 6.52. The molecule has 30 heavy (non-hydrogen) atoms. The number of hydrogen-bond donors (Lipinski definition) is 0. The molecule has 5 rings (SSSR count). The monoisotopic (exact) mass is 424 g/mol. The van der Waals surface area contributed by atoms with Gasteiger partial charge in [0.2, 0.25) is 5.91 Å². The van der Waals surface area contributed by atoms with Crippen molar-refractivity contribution in [3.05, 3.63) is 65.5 Å². The second-order valence-electron chi connectivity index (χ2n) is 9.09. The van der Waals surface area contributed by atoms with Crippen LogP contribution in [0.25, 0.3) is 0 Å². The minimum Gasteiger partial charge on any atom is -0.314 e. The van der Waals surface area contributed by atoms with E-state index in [2.05, 4.69) is 13.8 Å². The van der Waals surface area contributed by atoms with Crippen molar-refractivity contribution in [2.45, 2.75) is 49.3 Å². The summed E-state index contributed by atoms with van der Waals surface area (Å²) < 4.78 is 13.1. The number of rotatable bonds is 3. The lowest BCUT2D eigenvalue weighted by atomic mass is 9.83. The van der Waals surface area contributed by atoms with E-state index in [1.54, 1.807) is 28.8 Å². The van der Waals surface area contributed by atoms with Crippen molar-refractivity contribution < 1.29 is 14.0 Å². The number of thioether (sulfide) groups is 1. The van der Waals surface area contributed by atoms with E-state index in [4.69, 9.17) is 0 Å². The summed E-state index contributed by atoms with van der Waals surface area (Å²) in [5, 5.41) is 0. The maximum absolute atomic E-state index is 14.0. The molecule has 2 amide bonds. The van der Waals surface area contributed by atoms with Gasteiger partial charge in [-0.25, -0.2) is 4.39 Å². The zero-order valence-electron chi connectivity index (χ0n) is 17.2. The number of fused-ring (bicyclic) bond motifs is 2. The fraction of sp³-hybridized carbons (Fsp3) is 0.417. The predicted molar refractivity (Wildman–Crippen MR) is 116 cm³/mol. The van der Waals surface area contributed by atoms with Gasteiger partial charge in [0.1, 0.15) is 5.82 Å². The third-order valence-electron chi connectivity index (χ3n) is 6.41. The quantitative estimate of drug-likeness (QED) is 0.718. The Labute approximate surface area is 180 Å². The van der Waals surface area contributed by atoms with Crippen molar-refractivity contribution >= 4 is 29.3 Å². The van der Waals surface area contributed by atoms with Gasteiger partial charge in [-0.05, 0) is 50.5 Å². The van der Waals surface area contributed by atoms with Gasteiger partial charge < -0.3 is 9.80 Å². The zero-order valence-corrected chi connectivity index (χ0v) is 18.0. The summed E-state index contributed by atoms with van der Waals surface area (Å²) in [6.07, 6.45) is 2.90. The number of anilines is 1. The van der Waals surface area contributed by atoms with E-state index in [1.165, 1.54) is 12.1 Å². The molecule has 1 saturated heterocycles. The fourth-order valence-electron chi connectivity index (χ4n) is 4.78. The first kappa shape index (κ1) is 19.6. The molecule has 3 aliphatic rings. The highest BCUT2D eigenvalue weighted by molar-refractivity contribution is 8.02. The molecule has 1 aliphatic carbocycles. The second-order valence-corrected chi connectivity index (χ2v) is 11.0. The average Bonchev–Trinajstić information content (AvgIpc) is 3.09. The number of carbonyl (C=O) groups excluding carboxylic acids is 2. The van der Waals surface area contributed by atoms with Gasteiger partial charge in [-0.15, -0.1) is 11.8 Å². The number of benzene rings is 2. The molecule has 4 nitrogen and oxygen atoms in total. The van der Waals surface area contributed by atoms with Crippen LogP contribution in [0.5, 0.6) is 0 Å². The smallest absolute Gasteiger partial charge is 0.268 e. The maximum atomic E-state index is 14.0. The third-order valence-corrected chi connectivity index (χ3v) is 8.00. The minimum atomic E-state index is -1.02. The van der Waals surface area contributed by atoms with Crippen molar-refractivity contribution in [1.29, 1.82) is 0 Å². The van der Waals surface area contributed by atoms with Gasteiger partial charge in [0.15, 0.2) is 4.87 Å². The standard InChI is InChI=1S/C24H25FN2O2S/c1-23(2)15-27(21(28)17-6-5-7-17)24(30-23)19-8-3-4-9-20(19)26(22(24)29)14-16-10-12-18(25)13-11-16/h3-4,8-13,17H,5-7,14-15H2,1-2H3/t24-/m0/s1. The summed E-state index contributed by atoms with van der Waals surface area (Å²) in [5.41, 5.74) is 2.58. The van der Waals surface area contributed by atoms with Gasteiger partial charge in [0, 0.05) is 22.8 Å². The molecule has 2 aromatic carbocycles. The SMILES string of the molecule is CC1(C)CN(C(=O)C2CCC2)[C@@]2(S1)C(=O)N(Cc1ccc(F)cc1)c1ccccc12. The number of nitrogens with zero attached hydrogens (tertiary/aromatic N) is 2. The number of carbonyl (C=O) groups is 2. The summed E-state index contributed by atoms with van der Waals surface area (Å²) >= 11 is 1.59. The number of para-hydroxylation sites is 1. The Hall–Kier alpha value is -2.34. The van der Waals surface area contributed by atoms with E-state index in [0.717, 1.165) is 36.1 Å². The Morgan fingerprint density at radius 2 is 1.83 bits per heavy atom. The van der Waals surface area contributed by atoms with Crippen LogP contribution in [0.15, 0.2) is 48.5 Å². The summed E-state index contributed by atoms with van der Waals surface area (Å²) in [7, 11) is 0. The topological polar surface area (TPSA) is 40.6 Å². The summed E-state index contributed by atoms with van der Waals surface area (Å²) in [4.78, 5) is 30.1. The number of halogens is 1. The van der Waals surface area contributed by atoms with Crippen LogP contribution in [0.4, 0.5) is 10.1 Å². The Morgan fingerprint density at radius 1 is 1.13 bits per heavy atom. The van der Waals surface area contributed by atoms with Crippen LogP contribution < -0.4 is 4.90 Å². The van der Waals surface area contributed by atoms with E-state index in [0.29, 0.717) is 13.1 Å². The van der Waals surface area contributed by atoms with Gasteiger partial charge >= 0.3 is 0 Å². The van der Waals surface area contributed by atoms with Gasteiger partial charge in [-0.2, -0.15) is 0 Å². The lowest BCUT2D eigenvalue weighted by Gasteiger charge is -2.37. The second kappa shape index (κ2) is 6.84. The molecule has 2 aromatic rings. The molecule has 1 spiro atoms. The molecule has 0 bridgehead atoms. The molecule has 0 radical (unpaired) electrons. The Morgan fingerprint density at radius 3 is 2.50 bits per heavy atom. The molecule has 2 fully saturated rings. The van der Waals surface area contributed by atoms with Gasteiger partial charge in [0.05, 0.1) is 12.2 Å². The van der Waals surface area contributed by atoms with Crippen LogP contribution in [0, 0.1) is 11.7 Å². The van der Waals surface area contributed by atoms with Crippen molar-refractivity contribution in [2.24, 2.45) is 5.92 Å². The summed E-state index contributed by atoms with van der Waals surface area (Å²) in [5.74, 6) is -0.237. The Balaban J connectivity index is 1.59. The molecule has 156 valence electrons. The average molecular weight is 425 g/mol. The molecule has 1 atom stereocenters. The molecular weight excluding hydrogens is 399 g/mol. The molecule has 2 heterocycles. The summed E-state index contributed by atoms with van der Waals surface area (Å²) in [6, 6.07) is 14.0. The number of amides is 2. The molecule has 0 N–H and O–H groups in total. The zero-order chi connectivity index (χ0) is 21.1. The third kappa shape index (κ3) is 2.88. The van der Waals surface area contributed by atoms with Gasteiger partial charge in [-0.1, -0.05) is 36.8 Å². The molecule has 0 unspecified atom stereocenters. The molecule has 2 aliphatic heterocycles. The summed E-state index contributed by atoms with van der Waals surface area (Å²) in [6.45, 7) is 5.11. The van der Waals surface area contributed by atoms with E-state index < -0.39 is 4.87 Å². The first-order valence-electron chi connectivity index (χ1n) is 10.5. The molecule has 0 aromatic heterocycles. The molecular formula is C24H25FN2O2S. The first-order valence-corrected chi connectivity index (χ1v) is 11.3. The van der Waals surface area contributed by atoms with E-state index in [1.807, 2.05) is 29.2 Å². The Kier molecular flexibility index (Phi) is 4.47. The van der Waals surface area contributed by atoms with Crippen LogP contribution >= 0.6 is 11.8 Å². The van der Waals surface area contributed by atoms with Crippen LogP contribution in [0.1, 0.15) is 44.2 Å². The minimum absolute atomic E-state index is 0.0301. The van der Waals surface area contributed by atoms with Crippen molar-refractivity contribution in [3.8, 4) is 0 Å². The maximum Gasteiger partial charge on any atom is 0.268 e. The lowest BCUT2D eigenvalue weighted by molar-refractivity contribution is -0.146. The normalized spacial score (nSPS) is 25.0. The highest BCUT2D eigenvalue weighted by Gasteiger charge is 2.64. The largest absolute Gasteiger partial charge is 0.314 e. The van der Waals surface area contributed by atoms with E-state index in [9.17, 15) is 14.0 Å². The van der Waals surface area contributed by atoms with Gasteiger partial charge in [-0.3, -0.25) is 9.59 Å². The van der Waals surface area contributed by atoms with Crippen LogP contribution in [0.3, 0.4) is 0 Å².